The van der Waals surface area contributed by atoms with E-state index in [1.807, 2.05) is 12.3 Å². The molecule has 0 aliphatic rings. The van der Waals surface area contributed by atoms with Crippen LogP contribution in [0.3, 0.4) is 0 Å². The minimum atomic E-state index is -0.889. The Kier molecular flexibility index (Phi) is 3.58. The molecule has 2 rings (SSSR count). The maximum absolute atomic E-state index is 10.8. The lowest BCUT2D eigenvalue weighted by molar-refractivity contribution is 0.0696. The van der Waals surface area contributed by atoms with Gasteiger partial charge in [-0.25, -0.2) is 4.79 Å². The van der Waals surface area contributed by atoms with E-state index in [0.29, 0.717) is 5.56 Å². The van der Waals surface area contributed by atoms with Crippen LogP contribution < -0.4 is 0 Å². The first-order chi connectivity index (χ1) is 7.75. The van der Waals surface area contributed by atoms with E-state index in [1.165, 1.54) is 4.88 Å². The van der Waals surface area contributed by atoms with Crippen LogP contribution in [0.2, 0.25) is 0 Å². The molecule has 1 aromatic carbocycles. The van der Waals surface area contributed by atoms with Gasteiger partial charge >= 0.3 is 5.97 Å². The Hall–Kier alpha value is -1.33. The summed E-state index contributed by atoms with van der Waals surface area (Å²) in [5.74, 6) is -0.0615. The average Bonchev–Trinajstić information content (AvgIpc) is 2.79. The number of benzene rings is 1. The van der Waals surface area contributed by atoms with Gasteiger partial charge in [-0.3, -0.25) is 4.98 Å². The van der Waals surface area contributed by atoms with E-state index in [4.69, 9.17) is 5.11 Å². The van der Waals surface area contributed by atoms with Crippen molar-refractivity contribution in [1.29, 1.82) is 0 Å². The van der Waals surface area contributed by atoms with E-state index in [0.717, 1.165) is 10.6 Å². The van der Waals surface area contributed by atoms with Crippen LogP contribution in [0.5, 0.6) is 0 Å². The topological polar surface area (TPSA) is 50.2 Å². The molecule has 0 atom stereocenters. The monoisotopic (exact) mass is 251 g/mol. The first kappa shape index (κ1) is 11.2. The highest BCUT2D eigenvalue weighted by atomic mass is 32.2. The number of aromatic carboxylic acids is 1. The summed E-state index contributed by atoms with van der Waals surface area (Å²) in [7, 11) is 0. The number of aromatic nitrogens is 1. The number of thiazole rings is 1. The number of thioether (sulfide) groups is 1. The summed E-state index contributed by atoms with van der Waals surface area (Å²) in [6, 6.07) is 6.96. The van der Waals surface area contributed by atoms with Gasteiger partial charge in [-0.2, -0.15) is 0 Å². The van der Waals surface area contributed by atoms with Crippen molar-refractivity contribution in [2.24, 2.45) is 0 Å². The molecule has 0 aliphatic carbocycles. The van der Waals surface area contributed by atoms with E-state index in [2.05, 4.69) is 4.98 Å². The van der Waals surface area contributed by atoms with Crippen LogP contribution in [0.4, 0.5) is 0 Å². The Bertz CT molecular complexity index is 482. The van der Waals surface area contributed by atoms with Crippen molar-refractivity contribution in [1.82, 2.24) is 4.98 Å². The van der Waals surface area contributed by atoms with Crippen molar-refractivity contribution in [3.8, 4) is 0 Å². The average molecular weight is 251 g/mol. The fraction of sp³-hybridized carbons (Fsp3) is 0.0909. The lowest BCUT2D eigenvalue weighted by Gasteiger charge is -2.00. The highest BCUT2D eigenvalue weighted by Gasteiger charge is 2.04. The van der Waals surface area contributed by atoms with Gasteiger partial charge in [0.15, 0.2) is 0 Å². The molecule has 1 heterocycles. The normalized spacial score (nSPS) is 10.2. The number of hydrogen-bond donors (Lipinski definition) is 1. The highest BCUT2D eigenvalue weighted by Crippen LogP contribution is 2.24. The first-order valence-electron chi connectivity index (χ1n) is 4.59. The van der Waals surface area contributed by atoms with Crippen molar-refractivity contribution in [2.45, 2.75) is 10.6 Å². The lowest BCUT2D eigenvalue weighted by atomic mass is 10.2. The van der Waals surface area contributed by atoms with Crippen molar-refractivity contribution in [3.05, 3.63) is 46.4 Å². The second-order valence-electron chi connectivity index (χ2n) is 3.09. The molecule has 0 radical (unpaired) electrons. The van der Waals surface area contributed by atoms with Gasteiger partial charge in [-0.1, -0.05) is 6.07 Å². The van der Waals surface area contributed by atoms with Gasteiger partial charge in [-0.15, -0.1) is 23.1 Å². The Morgan fingerprint density at radius 2 is 2.38 bits per heavy atom. The van der Waals surface area contributed by atoms with Crippen LogP contribution in [0.15, 0.2) is 40.9 Å². The van der Waals surface area contributed by atoms with Gasteiger partial charge < -0.3 is 5.11 Å². The summed E-state index contributed by atoms with van der Waals surface area (Å²) in [6.07, 6.45) is 1.83. The summed E-state index contributed by atoms with van der Waals surface area (Å²) < 4.78 is 0. The Morgan fingerprint density at radius 1 is 1.50 bits per heavy atom. The van der Waals surface area contributed by atoms with Gasteiger partial charge in [-0.05, 0) is 18.2 Å². The van der Waals surface area contributed by atoms with Crippen molar-refractivity contribution < 1.29 is 9.90 Å². The Morgan fingerprint density at radius 3 is 3.06 bits per heavy atom. The number of nitrogens with zero attached hydrogens (tertiary/aromatic N) is 1. The van der Waals surface area contributed by atoms with Crippen LogP contribution in [0.25, 0.3) is 0 Å². The summed E-state index contributed by atoms with van der Waals surface area (Å²) in [5, 5.41) is 8.84. The van der Waals surface area contributed by atoms with Gasteiger partial charge in [0, 0.05) is 21.7 Å². The Labute approximate surface area is 101 Å². The zero-order valence-electron chi connectivity index (χ0n) is 8.29. The maximum atomic E-state index is 10.8. The number of carboxylic acids is 1. The van der Waals surface area contributed by atoms with Crippen molar-refractivity contribution >= 4 is 29.1 Å². The fourth-order valence-electron chi connectivity index (χ4n) is 1.19. The predicted molar refractivity (Wildman–Crippen MR) is 65.1 cm³/mol. The van der Waals surface area contributed by atoms with Gasteiger partial charge in [0.1, 0.15) is 0 Å². The van der Waals surface area contributed by atoms with Gasteiger partial charge in [0.2, 0.25) is 0 Å². The van der Waals surface area contributed by atoms with E-state index in [1.54, 1.807) is 46.8 Å². The van der Waals surface area contributed by atoms with Crippen molar-refractivity contribution in [3.63, 3.8) is 0 Å². The molecule has 16 heavy (non-hydrogen) atoms. The molecule has 3 nitrogen and oxygen atoms in total. The minimum Gasteiger partial charge on any atom is -0.478 e. The SMILES string of the molecule is O=C(O)c1cccc(SCc2cncs2)c1. The molecular formula is C11H9NO2S2. The third kappa shape index (κ3) is 2.84. The van der Waals surface area contributed by atoms with E-state index >= 15 is 0 Å². The van der Waals surface area contributed by atoms with E-state index in [9.17, 15) is 4.79 Å². The third-order valence-corrected chi connectivity index (χ3v) is 3.95. The fourth-order valence-corrected chi connectivity index (χ4v) is 2.78. The van der Waals surface area contributed by atoms with Gasteiger partial charge in [0.25, 0.3) is 0 Å². The first-order valence-corrected chi connectivity index (χ1v) is 6.46. The largest absolute Gasteiger partial charge is 0.478 e. The molecule has 0 spiro atoms. The van der Waals surface area contributed by atoms with Crippen LogP contribution in [-0.2, 0) is 5.75 Å². The number of rotatable bonds is 4. The third-order valence-electron chi connectivity index (χ3n) is 1.95. The molecule has 1 N–H and O–H groups in total. The molecule has 0 amide bonds. The van der Waals surface area contributed by atoms with E-state index < -0.39 is 5.97 Å². The molecule has 0 bridgehead atoms. The highest BCUT2D eigenvalue weighted by molar-refractivity contribution is 7.98. The summed E-state index contributed by atoms with van der Waals surface area (Å²) in [4.78, 5) is 16.9. The molecule has 0 fully saturated rings. The molecule has 82 valence electrons. The smallest absolute Gasteiger partial charge is 0.335 e. The zero-order valence-corrected chi connectivity index (χ0v) is 9.92. The second kappa shape index (κ2) is 5.14. The number of carboxylic acid groups (broad SMARTS) is 1. The molecular weight excluding hydrogens is 242 g/mol. The van der Waals surface area contributed by atoms with Crippen LogP contribution >= 0.6 is 23.1 Å². The molecule has 0 saturated carbocycles. The molecule has 0 unspecified atom stereocenters. The summed E-state index contributed by atoms with van der Waals surface area (Å²) in [5.41, 5.74) is 2.12. The standard InChI is InChI=1S/C11H9NO2S2/c13-11(14)8-2-1-3-9(4-8)15-6-10-5-12-7-16-10/h1-5,7H,6H2,(H,13,14). The van der Waals surface area contributed by atoms with Crippen LogP contribution in [-0.4, -0.2) is 16.1 Å². The van der Waals surface area contributed by atoms with E-state index in [-0.39, 0.29) is 0 Å². The molecule has 2 aromatic rings. The lowest BCUT2D eigenvalue weighted by Crippen LogP contribution is -1.95. The maximum Gasteiger partial charge on any atom is 0.335 e. The summed E-state index contributed by atoms with van der Waals surface area (Å²) >= 11 is 3.22. The number of carbonyl (C=O) groups is 1. The second-order valence-corrected chi connectivity index (χ2v) is 5.11. The van der Waals surface area contributed by atoms with Crippen molar-refractivity contribution in [2.75, 3.05) is 0 Å². The predicted octanol–water partition coefficient (Wildman–Crippen LogP) is 3.13. The zero-order chi connectivity index (χ0) is 11.4. The molecule has 0 saturated heterocycles. The van der Waals surface area contributed by atoms with Crippen LogP contribution in [0, 0.1) is 0 Å². The minimum absolute atomic E-state index is 0.328. The number of hydrogen-bond acceptors (Lipinski definition) is 4. The Balaban J connectivity index is 2.04. The molecule has 1 aromatic heterocycles. The van der Waals surface area contributed by atoms with Gasteiger partial charge in [0.05, 0.1) is 11.1 Å². The molecule has 0 aliphatic heterocycles. The quantitative estimate of drug-likeness (QED) is 0.848. The molecule has 5 heteroatoms. The van der Waals surface area contributed by atoms with Crippen LogP contribution in [0.1, 0.15) is 15.2 Å². The summed E-state index contributed by atoms with van der Waals surface area (Å²) in [6.45, 7) is 0.